The molecular formula is C22H25FN2O. The second-order valence-electron chi connectivity index (χ2n) is 7.59. The van der Waals surface area contributed by atoms with E-state index in [2.05, 4.69) is 12.1 Å². The SMILES string of the molecule is NC1CCN(C(=O)C2CCC2)C1Cc1cccc(-c2cccc(F)c2)c1. The lowest BCUT2D eigenvalue weighted by molar-refractivity contribution is -0.139. The zero-order valence-electron chi connectivity index (χ0n) is 14.9. The van der Waals surface area contributed by atoms with E-state index in [1.807, 2.05) is 23.1 Å². The maximum Gasteiger partial charge on any atom is 0.225 e. The lowest BCUT2D eigenvalue weighted by atomic mass is 9.84. The van der Waals surface area contributed by atoms with E-state index >= 15 is 0 Å². The number of hydrogen-bond acceptors (Lipinski definition) is 2. The number of halogens is 1. The standard InChI is InChI=1S/C22H25FN2O/c23-19-9-3-8-18(14-19)17-7-1-4-15(12-17)13-21-20(24)10-11-25(21)22(26)16-5-2-6-16/h1,3-4,7-9,12,14,16,20-21H,2,5-6,10-11,13,24H2. The summed E-state index contributed by atoms with van der Waals surface area (Å²) in [4.78, 5) is 14.7. The topological polar surface area (TPSA) is 46.3 Å². The minimum atomic E-state index is -0.233. The molecule has 1 aliphatic carbocycles. The van der Waals surface area contributed by atoms with Gasteiger partial charge < -0.3 is 10.6 Å². The number of rotatable bonds is 4. The van der Waals surface area contributed by atoms with Crippen molar-refractivity contribution in [1.29, 1.82) is 0 Å². The molecule has 1 heterocycles. The minimum Gasteiger partial charge on any atom is -0.338 e. The number of benzene rings is 2. The number of likely N-dealkylation sites (tertiary alicyclic amines) is 1. The van der Waals surface area contributed by atoms with Crippen LogP contribution in [0, 0.1) is 11.7 Å². The lowest BCUT2D eigenvalue weighted by Gasteiger charge is -2.33. The van der Waals surface area contributed by atoms with E-state index < -0.39 is 0 Å². The van der Waals surface area contributed by atoms with Gasteiger partial charge in [-0.1, -0.05) is 42.8 Å². The molecule has 1 saturated heterocycles. The number of amides is 1. The van der Waals surface area contributed by atoms with Crippen molar-refractivity contribution in [2.45, 2.75) is 44.2 Å². The minimum absolute atomic E-state index is 0.0249. The Morgan fingerprint density at radius 3 is 2.50 bits per heavy atom. The van der Waals surface area contributed by atoms with Gasteiger partial charge in [-0.05, 0) is 54.5 Å². The molecular weight excluding hydrogens is 327 g/mol. The summed E-state index contributed by atoms with van der Waals surface area (Å²) in [5, 5.41) is 0. The van der Waals surface area contributed by atoms with Crippen molar-refractivity contribution in [2.24, 2.45) is 11.7 Å². The molecule has 4 rings (SSSR count). The van der Waals surface area contributed by atoms with Gasteiger partial charge in [-0.25, -0.2) is 4.39 Å². The Kier molecular flexibility index (Phi) is 4.77. The van der Waals surface area contributed by atoms with Crippen LogP contribution < -0.4 is 5.73 Å². The highest BCUT2D eigenvalue weighted by Crippen LogP contribution is 2.32. The zero-order valence-corrected chi connectivity index (χ0v) is 14.9. The lowest BCUT2D eigenvalue weighted by Crippen LogP contribution is -2.47. The van der Waals surface area contributed by atoms with Crippen molar-refractivity contribution >= 4 is 5.91 Å². The van der Waals surface area contributed by atoms with E-state index in [9.17, 15) is 9.18 Å². The normalized spacial score (nSPS) is 23.1. The molecule has 2 atom stereocenters. The van der Waals surface area contributed by atoms with Gasteiger partial charge in [0.05, 0.1) is 6.04 Å². The maximum absolute atomic E-state index is 13.5. The van der Waals surface area contributed by atoms with Crippen LogP contribution in [0.4, 0.5) is 4.39 Å². The van der Waals surface area contributed by atoms with Gasteiger partial charge in [0.2, 0.25) is 5.91 Å². The summed E-state index contributed by atoms with van der Waals surface area (Å²) < 4.78 is 13.5. The zero-order chi connectivity index (χ0) is 18.1. The summed E-state index contributed by atoms with van der Waals surface area (Å²) in [7, 11) is 0. The van der Waals surface area contributed by atoms with Crippen molar-refractivity contribution in [3.63, 3.8) is 0 Å². The summed E-state index contributed by atoms with van der Waals surface area (Å²) >= 11 is 0. The predicted molar refractivity (Wildman–Crippen MR) is 101 cm³/mol. The fraction of sp³-hybridized carbons (Fsp3) is 0.409. The molecule has 2 aromatic carbocycles. The van der Waals surface area contributed by atoms with Gasteiger partial charge in [-0.15, -0.1) is 0 Å². The molecule has 2 aliphatic rings. The Morgan fingerprint density at radius 2 is 1.81 bits per heavy atom. The first-order chi connectivity index (χ1) is 12.6. The fourth-order valence-electron chi connectivity index (χ4n) is 4.09. The van der Waals surface area contributed by atoms with Crippen LogP contribution in [0.3, 0.4) is 0 Å². The molecule has 2 fully saturated rings. The molecule has 0 aromatic heterocycles. The third-order valence-electron chi connectivity index (χ3n) is 5.87. The third kappa shape index (κ3) is 3.38. The van der Waals surface area contributed by atoms with Crippen molar-refractivity contribution in [2.75, 3.05) is 6.54 Å². The number of nitrogens with two attached hydrogens (primary N) is 1. The Hall–Kier alpha value is -2.20. The van der Waals surface area contributed by atoms with Gasteiger partial charge in [0.25, 0.3) is 0 Å². The Labute approximate surface area is 154 Å². The van der Waals surface area contributed by atoms with Crippen LogP contribution >= 0.6 is 0 Å². The first-order valence-corrected chi connectivity index (χ1v) is 9.53. The number of carbonyl (C=O) groups excluding carboxylic acids is 1. The highest BCUT2D eigenvalue weighted by Gasteiger charge is 2.39. The number of hydrogen-bond donors (Lipinski definition) is 1. The monoisotopic (exact) mass is 352 g/mol. The molecule has 136 valence electrons. The van der Waals surface area contributed by atoms with E-state index in [0.29, 0.717) is 0 Å². The van der Waals surface area contributed by atoms with Crippen LogP contribution in [0.2, 0.25) is 0 Å². The predicted octanol–water partition coefficient (Wildman–Crippen LogP) is 3.76. The largest absolute Gasteiger partial charge is 0.338 e. The average Bonchev–Trinajstić information content (AvgIpc) is 2.94. The van der Waals surface area contributed by atoms with E-state index in [0.717, 1.165) is 55.3 Å². The van der Waals surface area contributed by atoms with Crippen molar-refractivity contribution < 1.29 is 9.18 Å². The first kappa shape index (κ1) is 17.2. The molecule has 4 heteroatoms. The second kappa shape index (κ2) is 7.20. The molecule has 2 aromatic rings. The molecule has 0 bridgehead atoms. The second-order valence-corrected chi connectivity index (χ2v) is 7.59. The first-order valence-electron chi connectivity index (χ1n) is 9.53. The third-order valence-corrected chi connectivity index (χ3v) is 5.87. The summed E-state index contributed by atoms with van der Waals surface area (Å²) in [6, 6.07) is 14.9. The average molecular weight is 352 g/mol. The van der Waals surface area contributed by atoms with Crippen LogP contribution in [0.1, 0.15) is 31.2 Å². The van der Waals surface area contributed by atoms with Gasteiger partial charge in [0.15, 0.2) is 0 Å². The highest BCUT2D eigenvalue weighted by atomic mass is 19.1. The molecule has 26 heavy (non-hydrogen) atoms. The van der Waals surface area contributed by atoms with Gasteiger partial charge in [0.1, 0.15) is 5.82 Å². The quantitative estimate of drug-likeness (QED) is 0.911. The fourth-order valence-corrected chi connectivity index (χ4v) is 4.09. The van der Waals surface area contributed by atoms with Crippen LogP contribution in [0.5, 0.6) is 0 Å². The molecule has 1 aliphatic heterocycles. The molecule has 1 amide bonds. The summed E-state index contributed by atoms with van der Waals surface area (Å²) in [5.41, 5.74) is 9.34. The van der Waals surface area contributed by atoms with E-state index in [1.54, 1.807) is 12.1 Å². The molecule has 2 N–H and O–H groups in total. The van der Waals surface area contributed by atoms with Crippen molar-refractivity contribution in [3.05, 3.63) is 59.9 Å². The Morgan fingerprint density at radius 1 is 1.08 bits per heavy atom. The molecule has 3 nitrogen and oxygen atoms in total. The van der Waals surface area contributed by atoms with Crippen molar-refractivity contribution in [3.8, 4) is 11.1 Å². The van der Waals surface area contributed by atoms with E-state index in [1.165, 1.54) is 6.07 Å². The molecule has 0 spiro atoms. The number of carbonyl (C=O) groups is 1. The smallest absolute Gasteiger partial charge is 0.225 e. The summed E-state index contributed by atoms with van der Waals surface area (Å²) in [5.74, 6) is 0.264. The Bertz CT molecular complexity index is 802. The molecule has 0 radical (unpaired) electrons. The van der Waals surface area contributed by atoms with Crippen LogP contribution in [0.15, 0.2) is 48.5 Å². The van der Waals surface area contributed by atoms with Gasteiger partial charge >= 0.3 is 0 Å². The number of nitrogens with zero attached hydrogens (tertiary/aromatic N) is 1. The molecule has 1 saturated carbocycles. The van der Waals surface area contributed by atoms with Crippen molar-refractivity contribution in [1.82, 2.24) is 4.90 Å². The van der Waals surface area contributed by atoms with Gasteiger partial charge in [0, 0.05) is 18.5 Å². The van der Waals surface area contributed by atoms with Gasteiger partial charge in [-0.3, -0.25) is 4.79 Å². The van der Waals surface area contributed by atoms with Crippen LogP contribution in [-0.4, -0.2) is 29.4 Å². The maximum atomic E-state index is 13.5. The summed E-state index contributed by atoms with van der Waals surface area (Å²) in [6.07, 6.45) is 4.82. The highest BCUT2D eigenvalue weighted by molar-refractivity contribution is 5.80. The van der Waals surface area contributed by atoms with Gasteiger partial charge in [-0.2, -0.15) is 0 Å². The van der Waals surface area contributed by atoms with E-state index in [-0.39, 0.29) is 29.7 Å². The Balaban J connectivity index is 1.54. The summed E-state index contributed by atoms with van der Waals surface area (Å²) in [6.45, 7) is 0.769. The van der Waals surface area contributed by atoms with Crippen LogP contribution in [-0.2, 0) is 11.2 Å². The van der Waals surface area contributed by atoms with E-state index in [4.69, 9.17) is 5.73 Å². The molecule has 2 unspecified atom stereocenters. The van der Waals surface area contributed by atoms with Crippen LogP contribution in [0.25, 0.3) is 11.1 Å².